The van der Waals surface area contributed by atoms with E-state index in [-0.39, 0.29) is 11.4 Å². The van der Waals surface area contributed by atoms with Crippen LogP contribution in [-0.4, -0.2) is 10.0 Å². The third-order valence-corrected chi connectivity index (χ3v) is 3.81. The lowest BCUT2D eigenvalue weighted by molar-refractivity contribution is -0.387. The van der Waals surface area contributed by atoms with Gasteiger partial charge in [0, 0.05) is 10.5 Å². The van der Waals surface area contributed by atoms with E-state index in [0.29, 0.717) is 9.79 Å². The first-order valence-electron chi connectivity index (χ1n) is 4.97. The summed E-state index contributed by atoms with van der Waals surface area (Å²) in [5.41, 5.74) is 0.0199. The molecule has 0 unspecified atom stereocenters. The Kier molecular flexibility index (Phi) is 3.88. The quantitative estimate of drug-likeness (QED) is 0.678. The number of hydrogen-bond donors (Lipinski definition) is 1. The Morgan fingerprint density at radius 1 is 1.17 bits per heavy atom. The summed E-state index contributed by atoms with van der Waals surface area (Å²) in [4.78, 5) is 11.6. The molecule has 0 spiro atoms. The minimum Gasteiger partial charge on any atom is -0.507 e. The number of halogens is 1. The van der Waals surface area contributed by atoms with Gasteiger partial charge in [0.05, 0.1) is 14.7 Å². The first-order chi connectivity index (χ1) is 8.58. The van der Waals surface area contributed by atoms with Crippen molar-refractivity contribution in [1.29, 1.82) is 0 Å². The lowest BCUT2D eigenvalue weighted by Gasteiger charge is -2.05. The molecule has 92 valence electrons. The number of nitrogens with zero attached hydrogens (tertiary/aromatic N) is 1. The third-order valence-electron chi connectivity index (χ3n) is 2.20. The number of para-hydroxylation sites is 1. The van der Waals surface area contributed by atoms with Gasteiger partial charge in [-0.15, -0.1) is 0 Å². The van der Waals surface area contributed by atoms with E-state index in [0.717, 1.165) is 16.2 Å². The number of hydrogen-bond acceptors (Lipinski definition) is 4. The number of phenolic OH excluding ortho intramolecular Hbond substituents is 1. The molecular formula is C12H8BrNO3S. The molecule has 6 heteroatoms. The number of rotatable bonds is 3. The summed E-state index contributed by atoms with van der Waals surface area (Å²) in [5.74, 6) is 0.108. The van der Waals surface area contributed by atoms with E-state index in [1.807, 2.05) is 0 Å². The molecule has 0 saturated carbocycles. The summed E-state index contributed by atoms with van der Waals surface area (Å²) in [5, 5.41) is 20.6. The summed E-state index contributed by atoms with van der Waals surface area (Å²) >= 11 is 4.44. The molecule has 0 amide bonds. The largest absolute Gasteiger partial charge is 0.507 e. The van der Waals surface area contributed by atoms with Gasteiger partial charge < -0.3 is 5.11 Å². The molecule has 2 rings (SSSR count). The molecule has 0 aliphatic heterocycles. The maximum Gasteiger partial charge on any atom is 0.283 e. The normalized spacial score (nSPS) is 10.3. The van der Waals surface area contributed by atoms with Gasteiger partial charge in [-0.05, 0) is 24.3 Å². The van der Waals surface area contributed by atoms with Gasteiger partial charge >= 0.3 is 0 Å². The molecule has 2 aromatic rings. The van der Waals surface area contributed by atoms with Crippen LogP contribution in [0.2, 0.25) is 0 Å². The second-order valence-corrected chi connectivity index (χ2v) is 5.44. The zero-order valence-electron chi connectivity index (χ0n) is 9.04. The number of benzene rings is 2. The van der Waals surface area contributed by atoms with Crippen molar-refractivity contribution in [3.05, 3.63) is 57.1 Å². The molecule has 0 radical (unpaired) electrons. The fourth-order valence-electron chi connectivity index (χ4n) is 1.38. The Labute approximate surface area is 116 Å². The Balaban J connectivity index is 2.42. The maximum absolute atomic E-state index is 10.9. The molecule has 1 N–H and O–H groups in total. The summed E-state index contributed by atoms with van der Waals surface area (Å²) < 4.78 is 0.756. The lowest BCUT2D eigenvalue weighted by Crippen LogP contribution is -1.90. The first-order valence-corrected chi connectivity index (χ1v) is 6.58. The van der Waals surface area contributed by atoms with Crippen LogP contribution in [0.15, 0.2) is 56.7 Å². The smallest absolute Gasteiger partial charge is 0.283 e. The molecule has 0 aliphatic rings. The van der Waals surface area contributed by atoms with E-state index < -0.39 is 4.92 Å². The molecule has 2 aromatic carbocycles. The van der Waals surface area contributed by atoms with E-state index in [1.54, 1.807) is 36.4 Å². The van der Waals surface area contributed by atoms with Crippen molar-refractivity contribution >= 4 is 33.4 Å². The lowest BCUT2D eigenvalue weighted by atomic mass is 10.3. The van der Waals surface area contributed by atoms with Gasteiger partial charge in [-0.25, -0.2) is 0 Å². The van der Waals surface area contributed by atoms with Crippen LogP contribution in [0.4, 0.5) is 5.69 Å². The third kappa shape index (κ3) is 2.83. The van der Waals surface area contributed by atoms with Gasteiger partial charge in [0.15, 0.2) is 0 Å². The van der Waals surface area contributed by atoms with Crippen LogP contribution < -0.4 is 0 Å². The molecule has 0 aliphatic carbocycles. The van der Waals surface area contributed by atoms with Gasteiger partial charge in [-0.3, -0.25) is 10.1 Å². The van der Waals surface area contributed by atoms with Crippen LogP contribution in [0, 0.1) is 10.1 Å². The van der Waals surface area contributed by atoms with Crippen LogP contribution in [-0.2, 0) is 0 Å². The Bertz CT molecular complexity index is 604. The molecule has 18 heavy (non-hydrogen) atoms. The van der Waals surface area contributed by atoms with Crippen LogP contribution in [0.5, 0.6) is 5.75 Å². The van der Waals surface area contributed by atoms with Crippen molar-refractivity contribution in [2.45, 2.75) is 9.79 Å². The van der Waals surface area contributed by atoms with E-state index in [9.17, 15) is 15.2 Å². The molecule has 0 bridgehead atoms. The Morgan fingerprint density at radius 2 is 1.89 bits per heavy atom. The minimum absolute atomic E-state index is 0.0199. The van der Waals surface area contributed by atoms with E-state index >= 15 is 0 Å². The zero-order valence-corrected chi connectivity index (χ0v) is 11.4. The fraction of sp³-hybridized carbons (Fsp3) is 0. The van der Waals surface area contributed by atoms with E-state index in [2.05, 4.69) is 15.9 Å². The predicted molar refractivity (Wildman–Crippen MR) is 73.0 cm³/mol. The highest BCUT2D eigenvalue weighted by Gasteiger charge is 2.16. The first kappa shape index (κ1) is 12.9. The second kappa shape index (κ2) is 5.41. The number of phenols is 1. The molecule has 0 saturated heterocycles. The molecule has 0 atom stereocenters. The van der Waals surface area contributed by atoms with Gasteiger partial charge in [-0.2, -0.15) is 0 Å². The molecular weight excluding hydrogens is 318 g/mol. The summed E-state index contributed by atoms with van der Waals surface area (Å²) in [6.45, 7) is 0. The standard InChI is InChI=1S/C12H8BrNO3S/c13-8-5-6-9(14(16)17)12(7-8)18-11-4-2-1-3-10(11)15/h1-7,15H. The number of nitro benzene ring substituents is 1. The molecule has 0 aromatic heterocycles. The van der Waals surface area contributed by atoms with Crippen LogP contribution >= 0.6 is 27.7 Å². The van der Waals surface area contributed by atoms with Crippen molar-refractivity contribution in [1.82, 2.24) is 0 Å². The SMILES string of the molecule is O=[N+]([O-])c1ccc(Br)cc1Sc1ccccc1O. The van der Waals surface area contributed by atoms with Crippen LogP contribution in [0.25, 0.3) is 0 Å². The van der Waals surface area contributed by atoms with Gasteiger partial charge in [0.1, 0.15) is 5.75 Å². The topological polar surface area (TPSA) is 63.4 Å². The Morgan fingerprint density at radius 3 is 2.56 bits per heavy atom. The monoisotopic (exact) mass is 325 g/mol. The van der Waals surface area contributed by atoms with Gasteiger partial charge in [0.2, 0.25) is 0 Å². The van der Waals surface area contributed by atoms with Crippen molar-refractivity contribution in [2.75, 3.05) is 0 Å². The number of aromatic hydroxyl groups is 1. The maximum atomic E-state index is 10.9. The van der Waals surface area contributed by atoms with Crippen LogP contribution in [0.3, 0.4) is 0 Å². The van der Waals surface area contributed by atoms with Crippen molar-refractivity contribution < 1.29 is 10.0 Å². The highest BCUT2D eigenvalue weighted by atomic mass is 79.9. The van der Waals surface area contributed by atoms with Crippen molar-refractivity contribution in [3.63, 3.8) is 0 Å². The fourth-order valence-corrected chi connectivity index (χ4v) is 2.88. The average Bonchev–Trinajstić information content (AvgIpc) is 2.32. The van der Waals surface area contributed by atoms with E-state index in [1.165, 1.54) is 6.07 Å². The van der Waals surface area contributed by atoms with Crippen LogP contribution in [0.1, 0.15) is 0 Å². The summed E-state index contributed by atoms with van der Waals surface area (Å²) in [6.07, 6.45) is 0. The second-order valence-electron chi connectivity index (χ2n) is 3.44. The summed E-state index contributed by atoms with van der Waals surface area (Å²) in [6, 6.07) is 11.5. The highest BCUT2D eigenvalue weighted by molar-refractivity contribution is 9.10. The highest BCUT2D eigenvalue weighted by Crippen LogP contribution is 2.39. The minimum atomic E-state index is -0.436. The molecule has 0 heterocycles. The average molecular weight is 326 g/mol. The van der Waals surface area contributed by atoms with E-state index in [4.69, 9.17) is 0 Å². The zero-order chi connectivity index (χ0) is 13.1. The van der Waals surface area contributed by atoms with Gasteiger partial charge in [-0.1, -0.05) is 39.8 Å². The van der Waals surface area contributed by atoms with Gasteiger partial charge in [0.25, 0.3) is 5.69 Å². The molecule has 0 fully saturated rings. The number of nitro groups is 1. The summed E-state index contributed by atoms with van der Waals surface area (Å²) in [7, 11) is 0. The molecule has 4 nitrogen and oxygen atoms in total. The van der Waals surface area contributed by atoms with Crippen molar-refractivity contribution in [2.24, 2.45) is 0 Å². The predicted octanol–water partition coefficient (Wildman–Crippen LogP) is 4.21. The van der Waals surface area contributed by atoms with Crippen molar-refractivity contribution in [3.8, 4) is 5.75 Å². The Hall–Kier alpha value is -1.53.